The van der Waals surface area contributed by atoms with Crippen molar-refractivity contribution in [3.8, 4) is 0 Å². The van der Waals surface area contributed by atoms with E-state index >= 15 is 0 Å². The molecule has 132 valence electrons. The third-order valence-electron chi connectivity index (χ3n) is 4.14. The Balaban J connectivity index is 2.06. The number of rotatable bonds is 6. The second-order valence-electron chi connectivity index (χ2n) is 6.11. The van der Waals surface area contributed by atoms with Crippen molar-refractivity contribution in [1.82, 2.24) is 20.4 Å². The van der Waals surface area contributed by atoms with Gasteiger partial charge in [-0.1, -0.05) is 0 Å². The van der Waals surface area contributed by atoms with Crippen molar-refractivity contribution in [3.05, 3.63) is 39.3 Å². The van der Waals surface area contributed by atoms with Crippen LogP contribution in [0, 0.1) is 13.8 Å². The van der Waals surface area contributed by atoms with E-state index in [2.05, 4.69) is 20.7 Å². The number of aromatic nitrogens is 2. The van der Waals surface area contributed by atoms with E-state index in [0.717, 1.165) is 29.1 Å². The fraction of sp³-hybridized carbons (Fsp3) is 0.529. The molecule has 2 aromatic heterocycles. The molecule has 0 aromatic carbocycles. The SMILES string of the molecule is CCNC(=NCc1c(C)nn(C)c1C)NCC(C)(O)c1ccsc1. The molecule has 1 unspecified atom stereocenters. The summed E-state index contributed by atoms with van der Waals surface area (Å²) in [6, 6.07) is 1.94. The van der Waals surface area contributed by atoms with E-state index in [1.165, 1.54) is 0 Å². The van der Waals surface area contributed by atoms with Gasteiger partial charge in [0.05, 0.1) is 18.8 Å². The topological polar surface area (TPSA) is 74.5 Å². The summed E-state index contributed by atoms with van der Waals surface area (Å²) in [4.78, 5) is 4.64. The number of hydrogen-bond donors (Lipinski definition) is 3. The standard InChI is InChI=1S/C17H27N5OS/c1-6-18-16(19-9-15-12(2)21-22(5)13(15)3)20-11-17(4,23)14-7-8-24-10-14/h7-8,10,23H,6,9,11H2,1-5H3,(H2,18,19,20). The lowest BCUT2D eigenvalue weighted by Gasteiger charge is -2.24. The van der Waals surface area contributed by atoms with Crippen molar-refractivity contribution in [2.24, 2.45) is 12.0 Å². The molecule has 2 rings (SSSR count). The van der Waals surface area contributed by atoms with Crippen molar-refractivity contribution in [2.45, 2.75) is 39.8 Å². The maximum Gasteiger partial charge on any atom is 0.191 e. The summed E-state index contributed by atoms with van der Waals surface area (Å²) in [6.07, 6.45) is 0. The molecule has 0 radical (unpaired) electrons. The minimum atomic E-state index is -0.934. The molecule has 0 amide bonds. The first-order valence-electron chi connectivity index (χ1n) is 8.11. The number of nitrogens with one attached hydrogen (secondary N) is 2. The van der Waals surface area contributed by atoms with Gasteiger partial charge in [-0.2, -0.15) is 16.4 Å². The smallest absolute Gasteiger partial charge is 0.191 e. The molecule has 0 saturated heterocycles. The second kappa shape index (κ2) is 7.81. The lowest BCUT2D eigenvalue weighted by Crippen LogP contribution is -2.44. The van der Waals surface area contributed by atoms with E-state index in [4.69, 9.17) is 0 Å². The summed E-state index contributed by atoms with van der Waals surface area (Å²) >= 11 is 1.58. The zero-order valence-corrected chi connectivity index (χ0v) is 15.9. The molecule has 2 heterocycles. The van der Waals surface area contributed by atoms with Crippen LogP contribution in [0.25, 0.3) is 0 Å². The van der Waals surface area contributed by atoms with Gasteiger partial charge in [-0.05, 0) is 50.1 Å². The van der Waals surface area contributed by atoms with E-state index in [1.807, 2.05) is 49.3 Å². The normalized spacial score (nSPS) is 14.5. The van der Waals surface area contributed by atoms with Crippen molar-refractivity contribution in [1.29, 1.82) is 0 Å². The van der Waals surface area contributed by atoms with Crippen LogP contribution in [0.4, 0.5) is 0 Å². The minimum absolute atomic E-state index is 0.389. The highest BCUT2D eigenvalue weighted by molar-refractivity contribution is 7.08. The summed E-state index contributed by atoms with van der Waals surface area (Å²) in [5.41, 5.74) is 3.24. The quantitative estimate of drug-likeness (QED) is 0.551. The Kier molecular flexibility index (Phi) is 6.01. The number of aliphatic hydroxyl groups is 1. The number of thiophene rings is 1. The number of hydrogen-bond acceptors (Lipinski definition) is 4. The molecule has 3 N–H and O–H groups in total. The number of nitrogens with zero attached hydrogens (tertiary/aromatic N) is 3. The van der Waals surface area contributed by atoms with Crippen molar-refractivity contribution < 1.29 is 5.11 Å². The van der Waals surface area contributed by atoms with Crippen LogP contribution in [0.3, 0.4) is 0 Å². The molecule has 1 atom stereocenters. The van der Waals surface area contributed by atoms with E-state index in [1.54, 1.807) is 18.3 Å². The predicted octanol–water partition coefficient (Wildman–Crippen LogP) is 2.06. The number of aliphatic imine (C=N–C) groups is 1. The molecule has 2 aromatic rings. The second-order valence-corrected chi connectivity index (χ2v) is 6.89. The molecular weight excluding hydrogens is 322 g/mol. The van der Waals surface area contributed by atoms with Gasteiger partial charge >= 0.3 is 0 Å². The van der Waals surface area contributed by atoms with Gasteiger partial charge in [0.2, 0.25) is 0 Å². The van der Waals surface area contributed by atoms with Gasteiger partial charge in [0, 0.05) is 24.8 Å². The van der Waals surface area contributed by atoms with E-state index in [-0.39, 0.29) is 0 Å². The Bertz CT molecular complexity index is 688. The van der Waals surface area contributed by atoms with Gasteiger partial charge < -0.3 is 15.7 Å². The van der Waals surface area contributed by atoms with Crippen LogP contribution in [-0.2, 0) is 19.2 Å². The number of guanidine groups is 1. The van der Waals surface area contributed by atoms with Gasteiger partial charge in [0.1, 0.15) is 5.60 Å². The fourth-order valence-corrected chi connectivity index (χ4v) is 3.26. The third-order valence-corrected chi connectivity index (χ3v) is 4.82. The highest BCUT2D eigenvalue weighted by Gasteiger charge is 2.23. The zero-order valence-electron chi connectivity index (χ0n) is 15.1. The Morgan fingerprint density at radius 3 is 2.71 bits per heavy atom. The first kappa shape index (κ1) is 18.5. The molecule has 0 spiro atoms. The van der Waals surface area contributed by atoms with Crippen LogP contribution in [0.2, 0.25) is 0 Å². The third kappa shape index (κ3) is 4.36. The first-order chi connectivity index (χ1) is 11.3. The summed E-state index contributed by atoms with van der Waals surface area (Å²) in [6.45, 7) is 9.58. The molecular formula is C17H27N5OS. The largest absolute Gasteiger partial charge is 0.384 e. The van der Waals surface area contributed by atoms with Gasteiger partial charge in [-0.3, -0.25) is 4.68 Å². The Hall–Kier alpha value is -1.86. The highest BCUT2D eigenvalue weighted by Crippen LogP contribution is 2.22. The van der Waals surface area contributed by atoms with Crippen LogP contribution in [0.1, 0.15) is 36.4 Å². The lowest BCUT2D eigenvalue weighted by molar-refractivity contribution is 0.0621. The maximum atomic E-state index is 10.6. The molecule has 0 saturated carbocycles. The van der Waals surface area contributed by atoms with Gasteiger partial charge in [-0.25, -0.2) is 4.99 Å². The molecule has 7 heteroatoms. The van der Waals surface area contributed by atoms with Crippen molar-refractivity contribution in [3.63, 3.8) is 0 Å². The Labute approximate surface area is 147 Å². The maximum absolute atomic E-state index is 10.6. The average molecular weight is 350 g/mol. The summed E-state index contributed by atoms with van der Waals surface area (Å²) < 4.78 is 1.88. The van der Waals surface area contributed by atoms with Crippen LogP contribution >= 0.6 is 11.3 Å². The summed E-state index contributed by atoms with van der Waals surface area (Å²) in [5.74, 6) is 0.690. The molecule has 0 aliphatic carbocycles. The molecule has 0 aliphatic rings. The highest BCUT2D eigenvalue weighted by atomic mass is 32.1. The molecule has 6 nitrogen and oxygen atoms in total. The summed E-state index contributed by atoms with van der Waals surface area (Å²) in [7, 11) is 1.94. The Morgan fingerprint density at radius 2 is 2.17 bits per heavy atom. The Morgan fingerprint density at radius 1 is 1.42 bits per heavy atom. The number of aryl methyl sites for hydroxylation is 2. The molecule has 0 fully saturated rings. The van der Waals surface area contributed by atoms with E-state index in [0.29, 0.717) is 19.0 Å². The fourth-order valence-electron chi connectivity index (χ4n) is 2.47. The summed E-state index contributed by atoms with van der Waals surface area (Å²) in [5, 5.41) is 25.4. The molecule has 0 bridgehead atoms. The zero-order chi connectivity index (χ0) is 17.7. The van der Waals surface area contributed by atoms with Crippen molar-refractivity contribution in [2.75, 3.05) is 13.1 Å². The van der Waals surface area contributed by atoms with E-state index in [9.17, 15) is 5.11 Å². The van der Waals surface area contributed by atoms with E-state index < -0.39 is 5.60 Å². The van der Waals surface area contributed by atoms with Crippen LogP contribution in [-0.4, -0.2) is 33.9 Å². The average Bonchev–Trinajstić information content (AvgIpc) is 3.14. The lowest BCUT2D eigenvalue weighted by atomic mass is 9.99. The van der Waals surface area contributed by atoms with Gasteiger partial charge in [-0.15, -0.1) is 0 Å². The van der Waals surface area contributed by atoms with Gasteiger partial charge in [0.15, 0.2) is 5.96 Å². The molecule has 24 heavy (non-hydrogen) atoms. The molecule has 0 aliphatic heterocycles. The van der Waals surface area contributed by atoms with Crippen LogP contribution < -0.4 is 10.6 Å². The van der Waals surface area contributed by atoms with Crippen LogP contribution in [0.5, 0.6) is 0 Å². The first-order valence-corrected chi connectivity index (χ1v) is 9.05. The van der Waals surface area contributed by atoms with Gasteiger partial charge in [0.25, 0.3) is 0 Å². The van der Waals surface area contributed by atoms with Crippen molar-refractivity contribution >= 4 is 17.3 Å². The van der Waals surface area contributed by atoms with Crippen LogP contribution in [0.15, 0.2) is 21.8 Å². The predicted molar refractivity (Wildman–Crippen MR) is 99.4 cm³/mol. The monoisotopic (exact) mass is 349 g/mol. The minimum Gasteiger partial charge on any atom is -0.384 e.